The molecule has 0 saturated carbocycles. The molecule has 0 saturated heterocycles. The van der Waals surface area contributed by atoms with Crippen LogP contribution in [0.2, 0.25) is 0 Å². The number of halogens is 1. The Balaban J connectivity index is 2.34. The van der Waals surface area contributed by atoms with Crippen molar-refractivity contribution < 1.29 is 14.9 Å². The largest absolute Gasteiger partial charge is 0.508 e. The van der Waals surface area contributed by atoms with Gasteiger partial charge in [0.15, 0.2) is 11.5 Å². The molecule has 20 heavy (non-hydrogen) atoms. The summed E-state index contributed by atoms with van der Waals surface area (Å²) in [6, 6.07) is 8.55. The number of nitrogens with zero attached hydrogens (tertiary/aromatic N) is 1. The summed E-state index contributed by atoms with van der Waals surface area (Å²) >= 11 is 2.04. The minimum absolute atomic E-state index is 0.131. The van der Waals surface area contributed by atoms with Gasteiger partial charge in [-0.05, 0) is 71.0 Å². The maximum Gasteiger partial charge on any atom is 0.171 e. The normalized spacial score (nSPS) is 10.9. The molecule has 4 nitrogen and oxygen atoms in total. The molecule has 5 heteroatoms. The van der Waals surface area contributed by atoms with Crippen LogP contribution in [-0.2, 0) is 0 Å². The lowest BCUT2D eigenvalue weighted by Gasteiger charge is -2.06. The average Bonchev–Trinajstić information content (AvgIpc) is 2.41. The number of hydrogen-bond donors (Lipinski definition) is 2. The van der Waals surface area contributed by atoms with Crippen LogP contribution in [0.4, 0.5) is 5.69 Å². The first kappa shape index (κ1) is 14.6. The summed E-state index contributed by atoms with van der Waals surface area (Å²) in [6.45, 7) is 1.88. The highest BCUT2D eigenvalue weighted by Crippen LogP contribution is 2.32. The van der Waals surface area contributed by atoms with E-state index in [1.165, 1.54) is 7.11 Å². The van der Waals surface area contributed by atoms with Crippen LogP contribution in [0.15, 0.2) is 35.3 Å². The zero-order valence-electron chi connectivity index (χ0n) is 11.1. The summed E-state index contributed by atoms with van der Waals surface area (Å²) in [5, 5.41) is 19.1. The van der Waals surface area contributed by atoms with Gasteiger partial charge in [-0.25, -0.2) is 0 Å². The first-order valence-electron chi connectivity index (χ1n) is 5.91. The molecule has 0 heterocycles. The van der Waals surface area contributed by atoms with E-state index in [0.29, 0.717) is 9.32 Å². The van der Waals surface area contributed by atoms with Gasteiger partial charge in [0, 0.05) is 6.21 Å². The summed E-state index contributed by atoms with van der Waals surface area (Å²) in [6.07, 6.45) is 1.70. The molecule has 0 aliphatic heterocycles. The first-order chi connectivity index (χ1) is 9.51. The highest BCUT2D eigenvalue weighted by atomic mass is 127. The molecule has 0 aliphatic rings. The van der Waals surface area contributed by atoms with Crippen molar-refractivity contribution in [2.24, 2.45) is 4.99 Å². The number of phenols is 2. The van der Waals surface area contributed by atoms with Crippen LogP contribution < -0.4 is 4.74 Å². The van der Waals surface area contributed by atoms with Crippen LogP contribution in [0.1, 0.15) is 11.1 Å². The number of ether oxygens (including phenoxy) is 1. The minimum Gasteiger partial charge on any atom is -0.508 e. The predicted octanol–water partition coefficient (Wildman–Crippen LogP) is 3.77. The smallest absolute Gasteiger partial charge is 0.171 e. The van der Waals surface area contributed by atoms with Gasteiger partial charge in [-0.1, -0.05) is 0 Å². The summed E-state index contributed by atoms with van der Waals surface area (Å²) in [4.78, 5) is 4.39. The van der Waals surface area contributed by atoms with Crippen molar-refractivity contribution in [2.75, 3.05) is 7.11 Å². The van der Waals surface area contributed by atoms with E-state index in [2.05, 4.69) is 4.99 Å². The van der Waals surface area contributed by atoms with Crippen LogP contribution in [0.25, 0.3) is 0 Å². The summed E-state index contributed by atoms with van der Waals surface area (Å²) in [7, 11) is 1.51. The second-order valence-electron chi connectivity index (χ2n) is 4.28. The number of rotatable bonds is 3. The lowest BCUT2D eigenvalue weighted by Crippen LogP contribution is -1.90. The molecule has 0 radical (unpaired) electrons. The minimum atomic E-state index is 0.131. The van der Waals surface area contributed by atoms with Crippen LogP contribution in [0.3, 0.4) is 0 Å². The third kappa shape index (κ3) is 3.22. The Morgan fingerprint density at radius 3 is 2.60 bits per heavy atom. The van der Waals surface area contributed by atoms with E-state index in [1.807, 2.05) is 35.6 Å². The third-order valence-corrected chi connectivity index (χ3v) is 3.63. The number of aliphatic imine (C=N–C) groups is 1. The maximum absolute atomic E-state index is 9.78. The number of methoxy groups -OCH3 is 1. The molecule has 0 amide bonds. The third-order valence-electron chi connectivity index (χ3n) is 2.80. The number of hydrogen-bond acceptors (Lipinski definition) is 4. The van der Waals surface area contributed by atoms with E-state index in [1.54, 1.807) is 30.5 Å². The van der Waals surface area contributed by atoms with Gasteiger partial charge < -0.3 is 14.9 Å². The molecule has 0 unspecified atom stereocenters. The molecular weight excluding hydrogens is 369 g/mol. The van der Waals surface area contributed by atoms with Gasteiger partial charge in [-0.2, -0.15) is 0 Å². The fraction of sp³-hybridized carbons (Fsp3) is 0.133. The summed E-state index contributed by atoms with van der Waals surface area (Å²) < 4.78 is 5.81. The molecule has 2 aromatic carbocycles. The van der Waals surface area contributed by atoms with Gasteiger partial charge >= 0.3 is 0 Å². The first-order valence-corrected chi connectivity index (χ1v) is 6.99. The molecular formula is C15H14INO3. The number of aromatic hydroxyl groups is 2. The van der Waals surface area contributed by atoms with Crippen molar-refractivity contribution in [1.29, 1.82) is 0 Å². The monoisotopic (exact) mass is 383 g/mol. The highest BCUT2D eigenvalue weighted by molar-refractivity contribution is 14.1. The van der Waals surface area contributed by atoms with E-state index >= 15 is 0 Å². The standard InChI is InChI=1S/C15H14INO3/c1-9-5-11(18)3-4-13(9)17-8-10-6-12(16)15(19)14(7-10)20-2/h3-8,18-19H,1-2H3. The van der Waals surface area contributed by atoms with Crippen LogP contribution in [0.5, 0.6) is 17.2 Å². The average molecular weight is 383 g/mol. The molecule has 2 aromatic rings. The van der Waals surface area contributed by atoms with E-state index in [0.717, 1.165) is 16.8 Å². The lowest BCUT2D eigenvalue weighted by molar-refractivity contribution is 0.371. The van der Waals surface area contributed by atoms with Crippen molar-refractivity contribution in [3.63, 3.8) is 0 Å². The fourth-order valence-corrected chi connectivity index (χ4v) is 2.38. The molecule has 2 N–H and O–H groups in total. The predicted molar refractivity (Wildman–Crippen MR) is 87.5 cm³/mol. The van der Waals surface area contributed by atoms with Gasteiger partial charge in [0.2, 0.25) is 0 Å². The Hall–Kier alpha value is -1.76. The molecule has 0 spiro atoms. The van der Waals surface area contributed by atoms with Crippen molar-refractivity contribution in [2.45, 2.75) is 6.92 Å². The quantitative estimate of drug-likeness (QED) is 0.627. The van der Waals surface area contributed by atoms with E-state index in [9.17, 15) is 10.2 Å². The fourth-order valence-electron chi connectivity index (χ4n) is 1.75. The van der Waals surface area contributed by atoms with Crippen LogP contribution >= 0.6 is 22.6 Å². The van der Waals surface area contributed by atoms with Gasteiger partial charge in [0.1, 0.15) is 5.75 Å². The van der Waals surface area contributed by atoms with Crippen molar-refractivity contribution in [3.05, 3.63) is 45.0 Å². The van der Waals surface area contributed by atoms with E-state index < -0.39 is 0 Å². The SMILES string of the molecule is COc1cc(C=Nc2ccc(O)cc2C)cc(I)c1O. The zero-order chi connectivity index (χ0) is 14.7. The summed E-state index contributed by atoms with van der Waals surface area (Å²) in [5.41, 5.74) is 2.50. The zero-order valence-corrected chi connectivity index (χ0v) is 13.2. The molecule has 0 bridgehead atoms. The summed E-state index contributed by atoms with van der Waals surface area (Å²) in [5.74, 6) is 0.772. The van der Waals surface area contributed by atoms with Crippen molar-refractivity contribution in [1.82, 2.24) is 0 Å². The van der Waals surface area contributed by atoms with Gasteiger partial charge in [0.05, 0.1) is 16.4 Å². The number of phenolic OH excluding ortho intramolecular Hbond substituents is 2. The number of benzene rings is 2. The molecule has 2 rings (SSSR count). The Morgan fingerprint density at radius 1 is 1.20 bits per heavy atom. The molecule has 104 valence electrons. The molecule has 0 aromatic heterocycles. The maximum atomic E-state index is 9.78. The molecule has 0 fully saturated rings. The Labute approximate surface area is 130 Å². The van der Waals surface area contributed by atoms with Gasteiger partial charge in [-0.3, -0.25) is 4.99 Å². The topological polar surface area (TPSA) is 62.0 Å². The highest BCUT2D eigenvalue weighted by Gasteiger charge is 2.07. The van der Waals surface area contributed by atoms with Gasteiger partial charge in [-0.15, -0.1) is 0 Å². The molecule has 0 aliphatic carbocycles. The Kier molecular flexibility index (Phi) is 4.49. The van der Waals surface area contributed by atoms with E-state index in [-0.39, 0.29) is 11.5 Å². The van der Waals surface area contributed by atoms with E-state index in [4.69, 9.17) is 4.74 Å². The second kappa shape index (κ2) is 6.13. The van der Waals surface area contributed by atoms with Crippen LogP contribution in [0, 0.1) is 10.5 Å². The van der Waals surface area contributed by atoms with Crippen molar-refractivity contribution in [3.8, 4) is 17.2 Å². The Morgan fingerprint density at radius 2 is 1.95 bits per heavy atom. The molecule has 0 atom stereocenters. The van der Waals surface area contributed by atoms with Crippen LogP contribution in [-0.4, -0.2) is 23.5 Å². The van der Waals surface area contributed by atoms with Gasteiger partial charge in [0.25, 0.3) is 0 Å². The number of aryl methyl sites for hydroxylation is 1. The van der Waals surface area contributed by atoms with Crippen molar-refractivity contribution >= 4 is 34.5 Å². The second-order valence-corrected chi connectivity index (χ2v) is 5.44. The Bertz CT molecular complexity index is 668. The lowest BCUT2D eigenvalue weighted by atomic mass is 10.2.